The average molecular weight is 250 g/mol. The molecule has 1 aromatic carbocycles. The molecule has 0 aliphatic carbocycles. The Balaban J connectivity index is 0.00000137. The fourth-order valence-electron chi connectivity index (χ4n) is 1.53. The second-order valence-electron chi connectivity index (χ2n) is 3.87. The lowest BCUT2D eigenvalue weighted by atomic mass is 9.97. The zero-order valence-corrected chi connectivity index (χ0v) is 11.3. The molecule has 0 amide bonds. The van der Waals surface area contributed by atoms with Crippen LogP contribution in [-0.2, 0) is 0 Å². The van der Waals surface area contributed by atoms with E-state index in [0.29, 0.717) is 5.92 Å². The van der Waals surface area contributed by atoms with Crippen LogP contribution >= 0.6 is 0 Å². The Morgan fingerprint density at radius 1 is 1.28 bits per heavy atom. The fourth-order valence-corrected chi connectivity index (χ4v) is 1.53. The van der Waals surface area contributed by atoms with Gasteiger partial charge in [0.25, 0.3) is 5.69 Å². The molecule has 1 rings (SSSR count). The summed E-state index contributed by atoms with van der Waals surface area (Å²) in [6.45, 7) is 4.23. The molecule has 0 spiro atoms. The lowest BCUT2D eigenvalue weighted by Crippen LogP contribution is -1.93. The molecule has 0 saturated carbocycles. The molecule has 4 heteroatoms. The van der Waals surface area contributed by atoms with Crippen LogP contribution in [-0.4, -0.2) is 12.0 Å². The number of nitrogens with two attached hydrogens (primary N) is 1. The van der Waals surface area contributed by atoms with Gasteiger partial charge in [0, 0.05) is 12.1 Å². The molecular formula is C14H22N2O2. The van der Waals surface area contributed by atoms with E-state index in [-0.39, 0.29) is 10.6 Å². The summed E-state index contributed by atoms with van der Waals surface area (Å²) in [5.74, 6) is 0.406. The first-order valence-corrected chi connectivity index (χ1v) is 6.12. The summed E-state index contributed by atoms with van der Waals surface area (Å²) < 4.78 is 0. The van der Waals surface area contributed by atoms with E-state index >= 15 is 0 Å². The Morgan fingerprint density at radius 2 is 1.83 bits per heavy atom. The summed E-state index contributed by atoms with van der Waals surface area (Å²) in [7, 11) is 1.50. The first kappa shape index (κ1) is 16.3. The minimum Gasteiger partial charge on any atom is -0.333 e. The normalized spacial score (nSPS) is 11.8. The maximum atomic E-state index is 10.5. The van der Waals surface area contributed by atoms with E-state index in [1.54, 1.807) is 12.1 Å². The molecule has 2 N–H and O–H groups in total. The SMILES string of the molecule is CCC=CCC(C)c1ccc([N+](=O)[O-])cc1.CN. The van der Waals surface area contributed by atoms with Crippen molar-refractivity contribution >= 4 is 5.69 Å². The Hall–Kier alpha value is -1.68. The van der Waals surface area contributed by atoms with Crippen molar-refractivity contribution in [1.82, 2.24) is 0 Å². The molecule has 1 unspecified atom stereocenters. The summed E-state index contributed by atoms with van der Waals surface area (Å²) in [6, 6.07) is 6.80. The van der Waals surface area contributed by atoms with Gasteiger partial charge in [0.15, 0.2) is 0 Å². The topological polar surface area (TPSA) is 69.2 Å². The largest absolute Gasteiger partial charge is 0.333 e. The van der Waals surface area contributed by atoms with Gasteiger partial charge in [-0.15, -0.1) is 0 Å². The quantitative estimate of drug-likeness (QED) is 0.493. The van der Waals surface area contributed by atoms with Gasteiger partial charge in [0.2, 0.25) is 0 Å². The van der Waals surface area contributed by atoms with E-state index in [2.05, 4.69) is 31.7 Å². The van der Waals surface area contributed by atoms with E-state index in [0.717, 1.165) is 18.4 Å². The summed E-state index contributed by atoms with van der Waals surface area (Å²) in [6.07, 6.45) is 6.33. The van der Waals surface area contributed by atoms with E-state index in [1.165, 1.54) is 7.05 Å². The van der Waals surface area contributed by atoms with Crippen LogP contribution in [0.2, 0.25) is 0 Å². The van der Waals surface area contributed by atoms with Crippen molar-refractivity contribution in [2.75, 3.05) is 7.05 Å². The minimum absolute atomic E-state index is 0.153. The van der Waals surface area contributed by atoms with E-state index in [9.17, 15) is 10.1 Å². The first-order chi connectivity index (χ1) is 8.65. The maximum Gasteiger partial charge on any atom is 0.269 e. The van der Waals surface area contributed by atoms with Gasteiger partial charge in [-0.2, -0.15) is 0 Å². The predicted octanol–water partition coefficient (Wildman–Crippen LogP) is 3.63. The van der Waals surface area contributed by atoms with Gasteiger partial charge in [0.1, 0.15) is 0 Å². The number of hydrogen-bond donors (Lipinski definition) is 1. The second kappa shape index (κ2) is 9.36. The van der Waals surface area contributed by atoms with Gasteiger partial charge in [-0.3, -0.25) is 10.1 Å². The fraction of sp³-hybridized carbons (Fsp3) is 0.429. The molecule has 0 radical (unpaired) electrons. The lowest BCUT2D eigenvalue weighted by molar-refractivity contribution is -0.384. The van der Waals surface area contributed by atoms with Crippen LogP contribution in [0.5, 0.6) is 0 Å². The Kier molecular flexibility index (Phi) is 8.49. The second-order valence-corrected chi connectivity index (χ2v) is 3.87. The molecule has 0 aromatic heterocycles. The smallest absolute Gasteiger partial charge is 0.269 e. The van der Waals surface area contributed by atoms with E-state index in [4.69, 9.17) is 0 Å². The van der Waals surface area contributed by atoms with Crippen LogP contribution in [0.25, 0.3) is 0 Å². The van der Waals surface area contributed by atoms with Gasteiger partial charge < -0.3 is 5.73 Å². The molecular weight excluding hydrogens is 228 g/mol. The maximum absolute atomic E-state index is 10.5. The van der Waals surface area contributed by atoms with Crippen LogP contribution in [0.3, 0.4) is 0 Å². The monoisotopic (exact) mass is 250 g/mol. The van der Waals surface area contributed by atoms with Crippen molar-refractivity contribution in [2.24, 2.45) is 5.73 Å². The molecule has 18 heavy (non-hydrogen) atoms. The Labute approximate surface area is 109 Å². The van der Waals surface area contributed by atoms with Crippen molar-refractivity contribution in [3.8, 4) is 0 Å². The number of benzene rings is 1. The molecule has 0 aliphatic heterocycles. The van der Waals surface area contributed by atoms with Crippen molar-refractivity contribution in [3.05, 3.63) is 52.1 Å². The molecule has 0 bridgehead atoms. The summed E-state index contributed by atoms with van der Waals surface area (Å²) >= 11 is 0. The van der Waals surface area contributed by atoms with Crippen LogP contribution in [0.4, 0.5) is 5.69 Å². The number of nitro benzene ring substituents is 1. The Bertz CT molecular complexity index is 372. The number of hydrogen-bond acceptors (Lipinski definition) is 3. The summed E-state index contributed by atoms with van der Waals surface area (Å²) in [5.41, 5.74) is 5.80. The zero-order valence-electron chi connectivity index (χ0n) is 11.3. The molecule has 0 saturated heterocycles. The zero-order chi connectivity index (χ0) is 14.0. The van der Waals surface area contributed by atoms with Gasteiger partial charge in [0.05, 0.1) is 4.92 Å². The minimum atomic E-state index is -0.370. The van der Waals surface area contributed by atoms with Crippen LogP contribution in [0, 0.1) is 10.1 Å². The molecule has 0 heterocycles. The van der Waals surface area contributed by atoms with E-state index < -0.39 is 0 Å². The highest BCUT2D eigenvalue weighted by Crippen LogP contribution is 2.22. The van der Waals surface area contributed by atoms with Crippen molar-refractivity contribution in [2.45, 2.75) is 32.6 Å². The van der Waals surface area contributed by atoms with Crippen molar-refractivity contribution in [3.63, 3.8) is 0 Å². The van der Waals surface area contributed by atoms with Crippen molar-refractivity contribution in [1.29, 1.82) is 0 Å². The van der Waals surface area contributed by atoms with Crippen LogP contribution in [0.1, 0.15) is 38.2 Å². The third-order valence-corrected chi connectivity index (χ3v) is 2.56. The number of allylic oxidation sites excluding steroid dienone is 2. The summed E-state index contributed by atoms with van der Waals surface area (Å²) in [4.78, 5) is 10.1. The van der Waals surface area contributed by atoms with Crippen molar-refractivity contribution < 1.29 is 4.92 Å². The number of nitrogens with zero attached hydrogens (tertiary/aromatic N) is 1. The first-order valence-electron chi connectivity index (χ1n) is 6.12. The van der Waals surface area contributed by atoms with Gasteiger partial charge in [-0.1, -0.05) is 38.1 Å². The van der Waals surface area contributed by atoms with Crippen LogP contribution < -0.4 is 5.73 Å². The molecule has 0 aliphatic rings. The molecule has 0 fully saturated rings. The van der Waals surface area contributed by atoms with Gasteiger partial charge in [-0.05, 0) is 31.4 Å². The van der Waals surface area contributed by atoms with Gasteiger partial charge >= 0.3 is 0 Å². The highest BCUT2D eigenvalue weighted by atomic mass is 16.6. The summed E-state index contributed by atoms with van der Waals surface area (Å²) in [5, 5.41) is 10.5. The lowest BCUT2D eigenvalue weighted by Gasteiger charge is -2.08. The number of non-ortho nitro benzene ring substituents is 1. The highest BCUT2D eigenvalue weighted by molar-refractivity contribution is 5.34. The number of rotatable bonds is 5. The predicted molar refractivity (Wildman–Crippen MR) is 75.7 cm³/mol. The van der Waals surface area contributed by atoms with Crippen LogP contribution in [0.15, 0.2) is 36.4 Å². The van der Waals surface area contributed by atoms with Gasteiger partial charge in [-0.25, -0.2) is 0 Å². The standard InChI is InChI=1S/C13H17NO2.CH5N/c1-3-4-5-6-11(2)12-7-9-13(10-8-12)14(15)16;1-2/h4-5,7-11H,3,6H2,1-2H3;2H2,1H3. The average Bonchev–Trinajstić information content (AvgIpc) is 2.41. The van der Waals surface area contributed by atoms with E-state index in [1.807, 2.05) is 12.1 Å². The molecule has 1 aromatic rings. The third kappa shape index (κ3) is 5.59. The molecule has 100 valence electrons. The molecule has 4 nitrogen and oxygen atoms in total. The third-order valence-electron chi connectivity index (χ3n) is 2.56. The molecule has 1 atom stereocenters. The Morgan fingerprint density at radius 3 is 2.28 bits per heavy atom. The number of nitro groups is 1. The highest BCUT2D eigenvalue weighted by Gasteiger charge is 2.07.